The van der Waals surface area contributed by atoms with Crippen molar-refractivity contribution in [2.75, 3.05) is 13.1 Å². The zero-order chi connectivity index (χ0) is 16.2. The second-order valence-corrected chi connectivity index (χ2v) is 6.96. The molecule has 1 aliphatic heterocycles. The van der Waals surface area contributed by atoms with Crippen LogP contribution < -0.4 is 5.32 Å². The van der Waals surface area contributed by atoms with Crippen molar-refractivity contribution in [1.29, 1.82) is 0 Å². The fourth-order valence-electron chi connectivity index (χ4n) is 3.74. The van der Waals surface area contributed by atoms with Gasteiger partial charge in [-0.25, -0.2) is 0 Å². The van der Waals surface area contributed by atoms with Gasteiger partial charge >= 0.3 is 0 Å². The summed E-state index contributed by atoms with van der Waals surface area (Å²) in [5, 5.41) is 3.25. The van der Waals surface area contributed by atoms with Crippen molar-refractivity contribution < 1.29 is 14.0 Å². The number of carbonyl (C=O) groups excluding carboxylic acids is 2. The molecule has 1 N–H and O–H groups in total. The van der Waals surface area contributed by atoms with Gasteiger partial charge in [0.2, 0.25) is 5.91 Å². The van der Waals surface area contributed by atoms with Crippen molar-refractivity contribution in [2.24, 2.45) is 11.8 Å². The summed E-state index contributed by atoms with van der Waals surface area (Å²) in [5.41, 5.74) is 0.587. The van der Waals surface area contributed by atoms with E-state index < -0.39 is 0 Å². The molecule has 0 unspecified atom stereocenters. The van der Waals surface area contributed by atoms with Gasteiger partial charge in [-0.05, 0) is 37.7 Å². The predicted molar refractivity (Wildman–Crippen MR) is 86.9 cm³/mol. The van der Waals surface area contributed by atoms with Crippen molar-refractivity contribution in [3.63, 3.8) is 0 Å². The van der Waals surface area contributed by atoms with Crippen LogP contribution in [-0.2, 0) is 4.79 Å². The highest BCUT2D eigenvalue weighted by molar-refractivity contribution is 5.94. The van der Waals surface area contributed by atoms with Gasteiger partial charge in [0.25, 0.3) is 5.91 Å². The first-order valence-corrected chi connectivity index (χ1v) is 8.77. The second-order valence-electron chi connectivity index (χ2n) is 6.96. The molecule has 2 amide bonds. The SMILES string of the molecule is C[C@@H]1CCCC[C@H]1NC(=O)C1CCN(C(=O)c2ccoc2)CC1. The van der Waals surface area contributed by atoms with Gasteiger partial charge in [0, 0.05) is 25.0 Å². The number of rotatable bonds is 3. The number of furan rings is 1. The third kappa shape index (κ3) is 3.77. The highest BCUT2D eigenvalue weighted by Gasteiger charge is 2.30. The first-order chi connectivity index (χ1) is 11.1. The second kappa shape index (κ2) is 7.20. The summed E-state index contributed by atoms with van der Waals surface area (Å²) in [6, 6.07) is 2.02. The number of amides is 2. The molecule has 1 saturated heterocycles. The molecular weight excluding hydrogens is 292 g/mol. The molecule has 2 heterocycles. The lowest BCUT2D eigenvalue weighted by Gasteiger charge is -2.34. The Morgan fingerprint density at radius 2 is 1.91 bits per heavy atom. The van der Waals surface area contributed by atoms with E-state index in [0.29, 0.717) is 30.6 Å². The maximum Gasteiger partial charge on any atom is 0.257 e. The molecule has 2 atom stereocenters. The summed E-state index contributed by atoms with van der Waals surface area (Å²) >= 11 is 0. The van der Waals surface area contributed by atoms with Crippen molar-refractivity contribution >= 4 is 11.8 Å². The van der Waals surface area contributed by atoms with Gasteiger partial charge in [0.15, 0.2) is 0 Å². The first kappa shape index (κ1) is 16.1. The maximum absolute atomic E-state index is 12.5. The van der Waals surface area contributed by atoms with Gasteiger partial charge in [-0.3, -0.25) is 9.59 Å². The zero-order valence-corrected chi connectivity index (χ0v) is 13.8. The molecule has 1 saturated carbocycles. The summed E-state index contributed by atoms with van der Waals surface area (Å²) < 4.78 is 4.97. The lowest BCUT2D eigenvalue weighted by atomic mass is 9.85. The van der Waals surface area contributed by atoms with E-state index in [-0.39, 0.29) is 17.7 Å². The smallest absolute Gasteiger partial charge is 0.257 e. The van der Waals surface area contributed by atoms with Crippen molar-refractivity contribution in [1.82, 2.24) is 10.2 Å². The quantitative estimate of drug-likeness (QED) is 0.932. The van der Waals surface area contributed by atoms with Crippen LogP contribution in [0, 0.1) is 11.8 Å². The van der Waals surface area contributed by atoms with E-state index in [9.17, 15) is 9.59 Å². The Balaban J connectivity index is 1.48. The predicted octanol–water partition coefficient (Wildman–Crippen LogP) is 2.83. The van der Waals surface area contributed by atoms with Crippen LogP contribution in [0.3, 0.4) is 0 Å². The summed E-state index contributed by atoms with van der Waals surface area (Å²) in [4.78, 5) is 26.6. The largest absolute Gasteiger partial charge is 0.472 e. The molecule has 3 rings (SSSR count). The minimum absolute atomic E-state index is 0.00138. The normalized spacial score (nSPS) is 26.0. The van der Waals surface area contributed by atoms with E-state index >= 15 is 0 Å². The molecule has 0 bridgehead atoms. The van der Waals surface area contributed by atoms with Crippen LogP contribution >= 0.6 is 0 Å². The van der Waals surface area contributed by atoms with E-state index in [1.165, 1.54) is 31.8 Å². The minimum atomic E-state index is -0.00138. The molecule has 2 aliphatic rings. The molecule has 0 spiro atoms. The van der Waals surface area contributed by atoms with E-state index in [4.69, 9.17) is 4.42 Å². The van der Waals surface area contributed by atoms with Crippen LogP contribution in [0.5, 0.6) is 0 Å². The number of nitrogens with zero attached hydrogens (tertiary/aromatic N) is 1. The van der Waals surface area contributed by atoms with Crippen LogP contribution in [0.2, 0.25) is 0 Å². The van der Waals surface area contributed by atoms with E-state index in [2.05, 4.69) is 12.2 Å². The number of likely N-dealkylation sites (tertiary alicyclic amines) is 1. The molecule has 5 heteroatoms. The standard InChI is InChI=1S/C18H26N2O3/c1-13-4-2-3-5-16(13)19-17(21)14-6-9-20(10-7-14)18(22)15-8-11-23-12-15/h8,11-14,16H,2-7,9-10H2,1H3,(H,19,21)/t13-,16-/m1/s1. The van der Waals surface area contributed by atoms with Crippen LogP contribution in [0.15, 0.2) is 23.0 Å². The van der Waals surface area contributed by atoms with Gasteiger partial charge in [-0.15, -0.1) is 0 Å². The minimum Gasteiger partial charge on any atom is -0.472 e. The number of hydrogen-bond acceptors (Lipinski definition) is 3. The third-order valence-electron chi connectivity index (χ3n) is 5.36. The monoisotopic (exact) mass is 318 g/mol. The average molecular weight is 318 g/mol. The summed E-state index contributed by atoms with van der Waals surface area (Å²) in [5.74, 6) is 0.797. The van der Waals surface area contributed by atoms with Crippen molar-refractivity contribution in [3.8, 4) is 0 Å². The van der Waals surface area contributed by atoms with Gasteiger partial charge in [0.1, 0.15) is 6.26 Å². The van der Waals surface area contributed by atoms with Crippen LogP contribution in [0.1, 0.15) is 55.8 Å². The van der Waals surface area contributed by atoms with Gasteiger partial charge < -0.3 is 14.6 Å². The molecule has 0 aromatic carbocycles. The summed E-state index contributed by atoms with van der Waals surface area (Å²) in [6.45, 7) is 3.51. The highest BCUT2D eigenvalue weighted by Crippen LogP contribution is 2.25. The zero-order valence-electron chi connectivity index (χ0n) is 13.8. The molecule has 1 aromatic rings. The van der Waals surface area contributed by atoms with Crippen LogP contribution in [0.4, 0.5) is 0 Å². The number of hydrogen-bond donors (Lipinski definition) is 1. The number of carbonyl (C=O) groups is 2. The molecule has 1 aromatic heterocycles. The molecule has 126 valence electrons. The van der Waals surface area contributed by atoms with Crippen LogP contribution in [-0.4, -0.2) is 35.8 Å². The Hall–Kier alpha value is -1.78. The first-order valence-electron chi connectivity index (χ1n) is 8.77. The molecule has 2 fully saturated rings. The van der Waals surface area contributed by atoms with Gasteiger partial charge in [0.05, 0.1) is 11.8 Å². The van der Waals surface area contributed by atoms with E-state index in [1.807, 2.05) is 4.90 Å². The third-order valence-corrected chi connectivity index (χ3v) is 5.36. The summed E-state index contributed by atoms with van der Waals surface area (Å²) in [6.07, 6.45) is 9.29. The Morgan fingerprint density at radius 3 is 2.57 bits per heavy atom. The Kier molecular flexibility index (Phi) is 5.03. The highest BCUT2D eigenvalue weighted by atomic mass is 16.3. The molecule has 23 heavy (non-hydrogen) atoms. The van der Waals surface area contributed by atoms with Crippen molar-refractivity contribution in [2.45, 2.75) is 51.5 Å². The van der Waals surface area contributed by atoms with Crippen molar-refractivity contribution in [3.05, 3.63) is 24.2 Å². The molecular formula is C18H26N2O3. The Labute approximate surface area is 137 Å². The Morgan fingerprint density at radius 1 is 1.17 bits per heavy atom. The average Bonchev–Trinajstić information content (AvgIpc) is 3.11. The maximum atomic E-state index is 12.5. The number of piperidine rings is 1. The molecule has 1 aliphatic carbocycles. The van der Waals surface area contributed by atoms with E-state index in [1.54, 1.807) is 6.07 Å². The fourth-order valence-corrected chi connectivity index (χ4v) is 3.74. The van der Waals surface area contributed by atoms with Gasteiger partial charge in [-0.2, -0.15) is 0 Å². The number of nitrogens with one attached hydrogen (secondary N) is 1. The van der Waals surface area contributed by atoms with E-state index in [0.717, 1.165) is 19.3 Å². The molecule has 0 radical (unpaired) electrons. The van der Waals surface area contributed by atoms with Gasteiger partial charge in [-0.1, -0.05) is 19.8 Å². The molecule has 5 nitrogen and oxygen atoms in total. The van der Waals surface area contributed by atoms with Crippen LogP contribution in [0.25, 0.3) is 0 Å². The summed E-state index contributed by atoms with van der Waals surface area (Å²) in [7, 11) is 0. The fraction of sp³-hybridized carbons (Fsp3) is 0.667. The Bertz CT molecular complexity index is 532. The topological polar surface area (TPSA) is 62.6 Å². The lowest BCUT2D eigenvalue weighted by molar-refractivity contribution is -0.127. The lowest BCUT2D eigenvalue weighted by Crippen LogP contribution is -2.47.